The zero-order chi connectivity index (χ0) is 13.5. The van der Waals surface area contributed by atoms with Crippen LogP contribution >= 0.6 is 0 Å². The minimum atomic E-state index is 0.384. The molecule has 1 aromatic carbocycles. The minimum Gasteiger partial charge on any atom is -0.370 e. The molecule has 2 N–H and O–H groups in total. The summed E-state index contributed by atoms with van der Waals surface area (Å²) in [7, 11) is 0. The van der Waals surface area contributed by atoms with Gasteiger partial charge in [0.25, 0.3) is 0 Å². The number of benzene rings is 1. The molecule has 20 heavy (non-hydrogen) atoms. The van der Waals surface area contributed by atoms with Gasteiger partial charge in [-0.25, -0.2) is 0 Å². The van der Waals surface area contributed by atoms with Crippen LogP contribution in [-0.4, -0.2) is 23.4 Å². The Morgan fingerprint density at radius 1 is 1.00 bits per heavy atom. The molecule has 2 saturated carbocycles. The highest BCUT2D eigenvalue weighted by molar-refractivity contribution is 5.81. The van der Waals surface area contributed by atoms with Crippen LogP contribution in [0.25, 0.3) is 0 Å². The zero-order valence-electron chi connectivity index (χ0n) is 12.0. The summed E-state index contributed by atoms with van der Waals surface area (Å²) in [5.74, 6) is 1.56. The van der Waals surface area contributed by atoms with Gasteiger partial charge in [0.2, 0.25) is 0 Å². The maximum atomic E-state index is 6.20. The fourth-order valence-electron chi connectivity index (χ4n) is 3.96. The average molecular weight is 269 g/mol. The highest BCUT2D eigenvalue weighted by Crippen LogP contribution is 2.45. The van der Waals surface area contributed by atoms with Crippen LogP contribution in [0.4, 0.5) is 0 Å². The second-order valence-corrected chi connectivity index (χ2v) is 6.46. The summed E-state index contributed by atoms with van der Waals surface area (Å²) in [6.07, 6.45) is 7.93. The van der Waals surface area contributed by atoms with Crippen LogP contribution < -0.4 is 5.73 Å². The van der Waals surface area contributed by atoms with Gasteiger partial charge in [-0.2, -0.15) is 0 Å². The van der Waals surface area contributed by atoms with Crippen LogP contribution in [0.3, 0.4) is 0 Å². The first kappa shape index (κ1) is 12.2. The molecule has 3 nitrogen and oxygen atoms in total. The smallest absolute Gasteiger partial charge is 0.192 e. The van der Waals surface area contributed by atoms with E-state index in [9.17, 15) is 0 Å². The second kappa shape index (κ2) is 4.80. The molecule has 3 heteroatoms. The van der Waals surface area contributed by atoms with Gasteiger partial charge in [-0.05, 0) is 42.7 Å². The molecule has 2 fully saturated rings. The van der Waals surface area contributed by atoms with Crippen molar-refractivity contribution in [1.29, 1.82) is 0 Å². The largest absolute Gasteiger partial charge is 0.370 e. The first-order valence-corrected chi connectivity index (χ1v) is 8.01. The summed E-state index contributed by atoms with van der Waals surface area (Å²) in [6.45, 7) is 0.839. The molecule has 0 amide bonds. The van der Waals surface area contributed by atoms with Crippen molar-refractivity contribution in [1.82, 2.24) is 4.90 Å². The number of hydrogen-bond acceptors (Lipinski definition) is 3. The van der Waals surface area contributed by atoms with E-state index in [-0.39, 0.29) is 0 Å². The molecule has 106 valence electrons. The Hall–Kier alpha value is -1.51. The Morgan fingerprint density at radius 2 is 1.70 bits per heavy atom. The summed E-state index contributed by atoms with van der Waals surface area (Å²) in [4.78, 5) is 6.99. The molecule has 0 saturated heterocycles. The van der Waals surface area contributed by atoms with Crippen LogP contribution in [0.15, 0.2) is 29.3 Å². The SMILES string of the molecule is NC1=NCC(c2ccccc2C2CC2)N1C1CCCC1. The van der Waals surface area contributed by atoms with Crippen molar-refractivity contribution in [2.45, 2.75) is 56.5 Å². The summed E-state index contributed by atoms with van der Waals surface area (Å²) in [5.41, 5.74) is 9.23. The second-order valence-electron chi connectivity index (χ2n) is 6.46. The van der Waals surface area contributed by atoms with Crippen molar-refractivity contribution in [3.63, 3.8) is 0 Å². The van der Waals surface area contributed by atoms with Crippen molar-refractivity contribution < 1.29 is 0 Å². The number of nitrogens with zero attached hydrogens (tertiary/aromatic N) is 2. The summed E-state index contributed by atoms with van der Waals surface area (Å²) < 4.78 is 0. The third kappa shape index (κ3) is 2.00. The molecule has 2 aliphatic carbocycles. The molecular weight excluding hydrogens is 246 g/mol. The topological polar surface area (TPSA) is 41.6 Å². The average Bonchev–Trinajstić information content (AvgIpc) is 3.04. The minimum absolute atomic E-state index is 0.384. The molecular formula is C17H23N3. The van der Waals surface area contributed by atoms with E-state index in [1.165, 1.54) is 44.1 Å². The number of nitrogens with two attached hydrogens (primary N) is 1. The van der Waals surface area contributed by atoms with Crippen molar-refractivity contribution in [2.24, 2.45) is 10.7 Å². The summed E-state index contributed by atoms with van der Waals surface area (Å²) in [5, 5.41) is 0. The zero-order valence-corrected chi connectivity index (χ0v) is 12.0. The Labute approximate surface area is 120 Å². The highest BCUT2D eigenvalue weighted by Gasteiger charge is 2.37. The van der Waals surface area contributed by atoms with Crippen LogP contribution in [0.1, 0.15) is 61.6 Å². The van der Waals surface area contributed by atoms with Crippen LogP contribution in [0.5, 0.6) is 0 Å². The normalized spacial score (nSPS) is 27.1. The Balaban J connectivity index is 1.67. The molecule has 1 atom stereocenters. The predicted molar refractivity (Wildman–Crippen MR) is 81.7 cm³/mol. The molecule has 0 radical (unpaired) electrons. The van der Waals surface area contributed by atoms with E-state index in [1.54, 1.807) is 5.56 Å². The van der Waals surface area contributed by atoms with E-state index in [4.69, 9.17) is 5.73 Å². The molecule has 1 aromatic rings. The lowest BCUT2D eigenvalue weighted by molar-refractivity contribution is 0.261. The Kier molecular flexibility index (Phi) is 2.94. The van der Waals surface area contributed by atoms with E-state index in [0.29, 0.717) is 12.1 Å². The van der Waals surface area contributed by atoms with Gasteiger partial charge in [0, 0.05) is 6.04 Å². The third-order valence-electron chi connectivity index (χ3n) is 5.12. The quantitative estimate of drug-likeness (QED) is 0.915. The number of aliphatic imine (C=N–C) groups is 1. The van der Waals surface area contributed by atoms with Gasteiger partial charge in [0.05, 0.1) is 12.6 Å². The fraction of sp³-hybridized carbons (Fsp3) is 0.588. The molecule has 1 unspecified atom stereocenters. The van der Waals surface area contributed by atoms with E-state index in [0.717, 1.165) is 18.4 Å². The van der Waals surface area contributed by atoms with E-state index >= 15 is 0 Å². The standard InChI is InChI=1S/C17H23N3/c18-17-19-11-16(20(17)13-5-1-2-6-13)15-8-4-3-7-14(15)12-9-10-12/h3-4,7-8,12-13,16H,1-2,5-6,9-11H2,(H2,18,19). The van der Waals surface area contributed by atoms with E-state index in [1.807, 2.05) is 0 Å². The monoisotopic (exact) mass is 269 g/mol. The number of guanidine groups is 1. The van der Waals surface area contributed by atoms with Crippen LogP contribution in [-0.2, 0) is 0 Å². The van der Waals surface area contributed by atoms with Gasteiger partial charge in [-0.3, -0.25) is 4.99 Å². The molecule has 4 rings (SSSR count). The molecule has 0 spiro atoms. The van der Waals surface area contributed by atoms with Gasteiger partial charge >= 0.3 is 0 Å². The lowest BCUT2D eigenvalue weighted by atomic mass is 9.95. The third-order valence-corrected chi connectivity index (χ3v) is 5.12. The van der Waals surface area contributed by atoms with Gasteiger partial charge in [-0.15, -0.1) is 0 Å². The van der Waals surface area contributed by atoms with Gasteiger partial charge in [-0.1, -0.05) is 37.1 Å². The highest BCUT2D eigenvalue weighted by atomic mass is 15.3. The Bertz CT molecular complexity index is 527. The first-order valence-electron chi connectivity index (χ1n) is 8.01. The first-order chi connectivity index (χ1) is 9.84. The van der Waals surface area contributed by atoms with Crippen molar-refractivity contribution in [3.05, 3.63) is 35.4 Å². The predicted octanol–water partition coefficient (Wildman–Crippen LogP) is 3.18. The van der Waals surface area contributed by atoms with Crippen LogP contribution in [0.2, 0.25) is 0 Å². The number of rotatable bonds is 3. The summed E-state index contributed by atoms with van der Waals surface area (Å²) >= 11 is 0. The Morgan fingerprint density at radius 3 is 2.40 bits per heavy atom. The lowest BCUT2D eigenvalue weighted by Gasteiger charge is -2.33. The molecule has 1 heterocycles. The van der Waals surface area contributed by atoms with E-state index in [2.05, 4.69) is 34.2 Å². The summed E-state index contributed by atoms with van der Waals surface area (Å²) in [6, 6.07) is 9.95. The van der Waals surface area contributed by atoms with Gasteiger partial charge in [0.15, 0.2) is 5.96 Å². The van der Waals surface area contributed by atoms with E-state index < -0.39 is 0 Å². The van der Waals surface area contributed by atoms with Crippen molar-refractivity contribution in [2.75, 3.05) is 6.54 Å². The lowest BCUT2D eigenvalue weighted by Crippen LogP contribution is -2.42. The number of hydrogen-bond donors (Lipinski definition) is 1. The maximum absolute atomic E-state index is 6.20. The molecule has 0 bridgehead atoms. The molecule has 3 aliphatic rings. The van der Waals surface area contributed by atoms with Crippen molar-refractivity contribution in [3.8, 4) is 0 Å². The molecule has 0 aromatic heterocycles. The molecule has 1 aliphatic heterocycles. The van der Waals surface area contributed by atoms with Crippen molar-refractivity contribution >= 4 is 5.96 Å². The van der Waals surface area contributed by atoms with Gasteiger partial charge in [0.1, 0.15) is 0 Å². The van der Waals surface area contributed by atoms with Gasteiger partial charge < -0.3 is 10.6 Å². The van der Waals surface area contributed by atoms with Crippen LogP contribution in [0, 0.1) is 0 Å². The maximum Gasteiger partial charge on any atom is 0.192 e. The fourth-order valence-corrected chi connectivity index (χ4v) is 3.96.